The lowest BCUT2D eigenvalue weighted by molar-refractivity contribution is 0.355. The normalized spacial score (nSPS) is 24.1. The van der Waals surface area contributed by atoms with Gasteiger partial charge in [-0.2, -0.15) is 9.97 Å². The van der Waals surface area contributed by atoms with Gasteiger partial charge in [0.05, 0.1) is 0 Å². The Labute approximate surface area is 150 Å². The lowest BCUT2D eigenvalue weighted by atomic mass is 9.92. The molecule has 2 N–H and O–H groups in total. The maximum atomic E-state index is 5.22. The molecule has 0 radical (unpaired) electrons. The zero-order chi connectivity index (χ0) is 17.1. The number of hydrogen-bond acceptors (Lipinski definition) is 5. The van der Waals surface area contributed by atoms with Crippen LogP contribution in [-0.4, -0.2) is 48.3 Å². The minimum Gasteiger partial charge on any atom is -0.365 e. The third-order valence-corrected chi connectivity index (χ3v) is 5.08. The Bertz CT molecular complexity index is 576. The molecule has 2 atom stereocenters. The van der Waals surface area contributed by atoms with E-state index in [4.69, 9.17) is 17.2 Å². The van der Waals surface area contributed by atoms with Crippen LogP contribution in [0.4, 0.5) is 17.6 Å². The van der Waals surface area contributed by atoms with E-state index in [2.05, 4.69) is 45.3 Å². The van der Waals surface area contributed by atoms with Gasteiger partial charge in [0.25, 0.3) is 0 Å². The lowest BCUT2D eigenvalue weighted by Crippen LogP contribution is -2.39. The van der Waals surface area contributed by atoms with Crippen LogP contribution in [-0.2, 0) is 0 Å². The number of piperidine rings is 1. The summed E-state index contributed by atoms with van der Waals surface area (Å²) in [5.74, 6) is 3.97. The van der Waals surface area contributed by atoms with Crippen LogP contribution in [0.5, 0.6) is 0 Å². The van der Waals surface area contributed by atoms with Crippen molar-refractivity contribution < 1.29 is 0 Å². The van der Waals surface area contributed by atoms with Crippen molar-refractivity contribution in [3.63, 3.8) is 0 Å². The molecule has 7 heteroatoms. The summed E-state index contributed by atoms with van der Waals surface area (Å²) in [6, 6.07) is 2.14. The first-order valence-electron chi connectivity index (χ1n) is 8.93. The Hall–Kier alpha value is -1.63. The Morgan fingerprint density at radius 2 is 1.67 bits per heavy atom. The highest BCUT2D eigenvalue weighted by Gasteiger charge is 2.25. The molecule has 0 amide bonds. The van der Waals surface area contributed by atoms with Gasteiger partial charge in [-0.25, -0.2) is 0 Å². The van der Waals surface area contributed by atoms with Crippen molar-refractivity contribution >= 4 is 34.9 Å². The molecule has 0 saturated carbocycles. The Morgan fingerprint density at radius 3 is 2.25 bits per heavy atom. The van der Waals surface area contributed by atoms with Gasteiger partial charge in [-0.3, -0.25) is 0 Å². The Kier molecular flexibility index (Phi) is 5.38. The summed E-state index contributed by atoms with van der Waals surface area (Å²) in [7, 11) is 1.80. The molecule has 0 unspecified atom stereocenters. The predicted molar refractivity (Wildman–Crippen MR) is 104 cm³/mol. The van der Waals surface area contributed by atoms with E-state index in [1.54, 1.807) is 7.05 Å². The molecule has 2 aliphatic rings. The third-order valence-electron chi connectivity index (χ3n) is 4.77. The number of thiocarbonyl (C=S) groups is 1. The van der Waals surface area contributed by atoms with Crippen LogP contribution in [0.2, 0.25) is 0 Å². The molecule has 0 aromatic carbocycles. The van der Waals surface area contributed by atoms with Crippen LogP contribution in [0.15, 0.2) is 6.07 Å². The molecule has 0 bridgehead atoms. The van der Waals surface area contributed by atoms with Crippen LogP contribution < -0.4 is 20.4 Å². The summed E-state index contributed by atoms with van der Waals surface area (Å²) in [6.45, 7) is 8.88. The van der Waals surface area contributed by atoms with Crippen LogP contribution in [0.3, 0.4) is 0 Å². The SMILES string of the molecule is CNC(=S)Nc1nc(N2CCCC2)cc(N2C[C@H](C)C[C@H](C)C2)n1. The maximum Gasteiger partial charge on any atom is 0.232 e. The van der Waals surface area contributed by atoms with Gasteiger partial charge in [-0.15, -0.1) is 0 Å². The van der Waals surface area contributed by atoms with Crippen LogP contribution >= 0.6 is 12.2 Å². The van der Waals surface area contributed by atoms with Crippen molar-refractivity contribution in [3.8, 4) is 0 Å². The molecule has 3 rings (SSSR count). The number of anilines is 3. The smallest absolute Gasteiger partial charge is 0.232 e. The summed E-state index contributed by atoms with van der Waals surface area (Å²) in [6.07, 6.45) is 3.75. The molecule has 132 valence electrons. The third kappa shape index (κ3) is 4.06. The molecule has 2 saturated heterocycles. The molecule has 6 nitrogen and oxygen atoms in total. The number of nitrogens with one attached hydrogen (secondary N) is 2. The van der Waals surface area contributed by atoms with Crippen LogP contribution in [0.25, 0.3) is 0 Å². The van der Waals surface area contributed by atoms with Gasteiger partial charge >= 0.3 is 0 Å². The van der Waals surface area contributed by atoms with E-state index in [-0.39, 0.29) is 0 Å². The number of hydrogen-bond donors (Lipinski definition) is 2. The minimum atomic E-state index is 0.542. The monoisotopic (exact) mass is 348 g/mol. The molecule has 1 aromatic rings. The number of rotatable bonds is 3. The highest BCUT2D eigenvalue weighted by Crippen LogP contribution is 2.29. The highest BCUT2D eigenvalue weighted by atomic mass is 32.1. The van der Waals surface area contributed by atoms with E-state index >= 15 is 0 Å². The summed E-state index contributed by atoms with van der Waals surface area (Å²) < 4.78 is 0. The first-order chi connectivity index (χ1) is 11.5. The van der Waals surface area contributed by atoms with Gasteiger partial charge in [0.15, 0.2) is 5.11 Å². The maximum absolute atomic E-state index is 5.22. The second-order valence-electron chi connectivity index (χ2n) is 7.16. The Morgan fingerprint density at radius 1 is 1.08 bits per heavy atom. The highest BCUT2D eigenvalue weighted by molar-refractivity contribution is 7.80. The molecule has 2 aliphatic heterocycles. The van der Waals surface area contributed by atoms with Crippen molar-refractivity contribution in [2.45, 2.75) is 33.1 Å². The minimum absolute atomic E-state index is 0.542. The van der Waals surface area contributed by atoms with Crippen molar-refractivity contribution in [1.82, 2.24) is 15.3 Å². The van der Waals surface area contributed by atoms with E-state index in [1.807, 2.05) is 0 Å². The van der Waals surface area contributed by atoms with Crippen molar-refractivity contribution in [1.29, 1.82) is 0 Å². The molecule has 0 spiro atoms. The molecular weight excluding hydrogens is 320 g/mol. The van der Waals surface area contributed by atoms with E-state index in [1.165, 1.54) is 19.3 Å². The van der Waals surface area contributed by atoms with Gasteiger partial charge in [-0.05, 0) is 43.3 Å². The van der Waals surface area contributed by atoms with Crippen molar-refractivity contribution in [3.05, 3.63) is 6.07 Å². The number of nitrogens with zero attached hydrogens (tertiary/aromatic N) is 4. The second kappa shape index (κ2) is 7.51. The summed E-state index contributed by atoms with van der Waals surface area (Å²) in [5.41, 5.74) is 0. The topological polar surface area (TPSA) is 56.3 Å². The summed E-state index contributed by atoms with van der Waals surface area (Å²) >= 11 is 5.22. The van der Waals surface area contributed by atoms with Crippen LogP contribution in [0.1, 0.15) is 33.1 Å². The van der Waals surface area contributed by atoms with Gasteiger partial charge in [-0.1, -0.05) is 13.8 Å². The predicted octanol–water partition coefficient (Wildman–Crippen LogP) is 2.48. The van der Waals surface area contributed by atoms with Gasteiger partial charge in [0, 0.05) is 39.3 Å². The van der Waals surface area contributed by atoms with Crippen molar-refractivity contribution in [2.75, 3.05) is 48.3 Å². The first kappa shape index (κ1) is 17.2. The summed E-state index contributed by atoms with van der Waals surface area (Å²) in [4.78, 5) is 14.2. The fraction of sp³-hybridized carbons (Fsp3) is 0.706. The molecule has 0 aliphatic carbocycles. The standard InChI is InChI=1S/C17H28N6S/c1-12-8-13(2)11-23(10-12)15-9-14(22-6-4-5-7-22)19-16(20-15)21-17(24)18-3/h9,12-13H,4-8,10-11H2,1-3H3,(H2,18,19,20,21,24)/t12-,13+. The summed E-state index contributed by atoms with van der Waals surface area (Å²) in [5, 5.41) is 6.57. The average Bonchev–Trinajstić information content (AvgIpc) is 3.08. The van der Waals surface area contributed by atoms with Crippen LogP contribution in [0, 0.1) is 11.8 Å². The van der Waals surface area contributed by atoms with Crippen molar-refractivity contribution in [2.24, 2.45) is 11.8 Å². The lowest BCUT2D eigenvalue weighted by Gasteiger charge is -2.36. The fourth-order valence-corrected chi connectivity index (χ4v) is 3.85. The zero-order valence-electron chi connectivity index (χ0n) is 14.9. The first-order valence-corrected chi connectivity index (χ1v) is 9.33. The largest absolute Gasteiger partial charge is 0.365 e. The van der Waals surface area contributed by atoms with Gasteiger partial charge in [0.2, 0.25) is 5.95 Å². The van der Waals surface area contributed by atoms with Gasteiger partial charge in [0.1, 0.15) is 11.6 Å². The van der Waals surface area contributed by atoms with E-state index in [0.717, 1.165) is 37.8 Å². The molecule has 3 heterocycles. The number of aromatic nitrogens is 2. The van der Waals surface area contributed by atoms with E-state index in [0.29, 0.717) is 22.9 Å². The molecular formula is C17H28N6S. The van der Waals surface area contributed by atoms with E-state index in [9.17, 15) is 0 Å². The molecule has 1 aromatic heterocycles. The van der Waals surface area contributed by atoms with Gasteiger partial charge < -0.3 is 20.4 Å². The average molecular weight is 349 g/mol. The Balaban J connectivity index is 1.89. The van der Waals surface area contributed by atoms with E-state index < -0.39 is 0 Å². The molecule has 2 fully saturated rings. The fourth-order valence-electron chi connectivity index (χ4n) is 3.76. The quantitative estimate of drug-likeness (QED) is 0.814. The molecule has 24 heavy (non-hydrogen) atoms. The second-order valence-corrected chi connectivity index (χ2v) is 7.57. The zero-order valence-corrected chi connectivity index (χ0v) is 15.7.